The second-order valence-corrected chi connectivity index (χ2v) is 7.14. The Morgan fingerprint density at radius 3 is 2.00 bits per heavy atom. The number of halogens is 1. The number of nitrogens with zero attached hydrogens (tertiary/aromatic N) is 1. The number of nitrogens with one attached hydrogen (secondary N) is 1. The number of carbonyl (C=O) groups is 1. The van der Waals surface area contributed by atoms with Gasteiger partial charge in [-0.25, -0.2) is 0 Å². The molecule has 116 valence electrons. The Bertz CT molecular complexity index is 247. The first kappa shape index (κ1) is 21.0. The highest BCUT2D eigenvalue weighted by Gasteiger charge is 2.22. The Morgan fingerprint density at radius 2 is 1.63 bits per heavy atom. The van der Waals surface area contributed by atoms with Crippen LogP contribution in [0.25, 0.3) is 0 Å². The fourth-order valence-corrected chi connectivity index (χ4v) is 2.09. The fraction of sp³-hybridized carbons (Fsp3) is 0.933. The third-order valence-electron chi connectivity index (χ3n) is 3.17. The lowest BCUT2D eigenvalue weighted by atomic mass is 9.87. The molecule has 0 aliphatic heterocycles. The Kier molecular flexibility index (Phi) is 10.6. The Hall–Kier alpha value is -0.280. The predicted molar refractivity (Wildman–Crippen MR) is 78.3 cm³/mol. The number of amides is 1. The van der Waals surface area contributed by atoms with E-state index in [9.17, 15) is 4.79 Å². The smallest absolute Gasteiger partial charge is 0.223 e. The quantitative estimate of drug-likeness (QED) is 0.475. The van der Waals surface area contributed by atoms with Crippen molar-refractivity contribution in [3.63, 3.8) is 0 Å². The van der Waals surface area contributed by atoms with Crippen LogP contribution in [0.1, 0.15) is 40.5 Å². The molecule has 1 unspecified atom stereocenters. The van der Waals surface area contributed by atoms with Crippen LogP contribution >= 0.6 is 0 Å². The van der Waals surface area contributed by atoms with E-state index in [1.54, 1.807) is 0 Å². The molecule has 3 nitrogen and oxygen atoms in total. The van der Waals surface area contributed by atoms with E-state index >= 15 is 0 Å². The molecule has 0 spiro atoms. The van der Waals surface area contributed by atoms with E-state index in [-0.39, 0.29) is 24.2 Å². The lowest BCUT2D eigenvalue weighted by Crippen LogP contribution is -3.00. The molecule has 0 heterocycles. The van der Waals surface area contributed by atoms with Gasteiger partial charge < -0.3 is 22.2 Å². The zero-order valence-electron chi connectivity index (χ0n) is 13.8. The van der Waals surface area contributed by atoms with Crippen molar-refractivity contribution >= 4 is 5.91 Å². The second kappa shape index (κ2) is 9.60. The Morgan fingerprint density at radius 1 is 1.11 bits per heavy atom. The first-order valence-electron chi connectivity index (χ1n) is 7.21. The monoisotopic (exact) mass is 292 g/mol. The molecule has 0 bridgehead atoms. The standard InChI is InChI=1S/C15H32N2O.ClH/c1-12(2)11-14(13(3)4)15(18)16-9-8-10-17(5,6)7;/h12-14H,8-11H2,1-7H3;1H. The number of quaternary nitrogens is 1. The second-order valence-electron chi connectivity index (χ2n) is 7.14. The highest BCUT2D eigenvalue weighted by molar-refractivity contribution is 5.78. The normalized spacial score (nSPS) is 13.3. The predicted octanol–water partition coefficient (Wildman–Crippen LogP) is -0.479. The van der Waals surface area contributed by atoms with Crippen molar-refractivity contribution in [3.05, 3.63) is 0 Å². The Balaban J connectivity index is 0. The summed E-state index contributed by atoms with van der Waals surface area (Å²) in [4.78, 5) is 12.1. The highest BCUT2D eigenvalue weighted by atomic mass is 35.5. The highest BCUT2D eigenvalue weighted by Crippen LogP contribution is 2.20. The van der Waals surface area contributed by atoms with Crippen molar-refractivity contribution in [1.82, 2.24) is 5.32 Å². The van der Waals surface area contributed by atoms with Gasteiger partial charge >= 0.3 is 0 Å². The van der Waals surface area contributed by atoms with E-state index in [1.807, 2.05) is 0 Å². The molecule has 1 amide bonds. The van der Waals surface area contributed by atoms with Gasteiger partial charge in [0, 0.05) is 18.9 Å². The van der Waals surface area contributed by atoms with Crippen molar-refractivity contribution in [1.29, 1.82) is 0 Å². The van der Waals surface area contributed by atoms with Gasteiger partial charge in [0.05, 0.1) is 27.7 Å². The van der Waals surface area contributed by atoms with Crippen molar-refractivity contribution in [2.45, 2.75) is 40.5 Å². The van der Waals surface area contributed by atoms with Crippen LogP contribution < -0.4 is 17.7 Å². The van der Waals surface area contributed by atoms with Crippen LogP contribution in [0.3, 0.4) is 0 Å². The summed E-state index contributed by atoms with van der Waals surface area (Å²) in [7, 11) is 6.53. The minimum absolute atomic E-state index is 0. The molecule has 0 radical (unpaired) electrons. The molecule has 0 rings (SSSR count). The molecular formula is C15H33ClN2O. The molecule has 0 aromatic heterocycles. The molecule has 0 aromatic rings. The molecule has 0 aliphatic carbocycles. The summed E-state index contributed by atoms with van der Waals surface area (Å²) in [6.07, 6.45) is 2.03. The van der Waals surface area contributed by atoms with Crippen molar-refractivity contribution in [2.24, 2.45) is 17.8 Å². The van der Waals surface area contributed by atoms with Crippen LogP contribution in [-0.4, -0.2) is 44.6 Å². The van der Waals surface area contributed by atoms with Gasteiger partial charge in [-0.05, 0) is 18.3 Å². The summed E-state index contributed by atoms with van der Waals surface area (Å²) in [5.74, 6) is 1.40. The molecule has 0 aromatic carbocycles. The first-order valence-corrected chi connectivity index (χ1v) is 7.21. The van der Waals surface area contributed by atoms with Gasteiger partial charge in [-0.15, -0.1) is 0 Å². The Labute approximate surface area is 126 Å². The van der Waals surface area contributed by atoms with Crippen molar-refractivity contribution in [2.75, 3.05) is 34.2 Å². The summed E-state index contributed by atoms with van der Waals surface area (Å²) in [5.41, 5.74) is 0. The van der Waals surface area contributed by atoms with Crippen molar-refractivity contribution in [3.8, 4) is 0 Å². The number of carbonyl (C=O) groups excluding carboxylic acids is 1. The van der Waals surface area contributed by atoms with E-state index in [0.717, 1.165) is 30.4 Å². The summed E-state index contributed by atoms with van der Waals surface area (Å²) in [6, 6.07) is 0. The summed E-state index contributed by atoms with van der Waals surface area (Å²) >= 11 is 0. The topological polar surface area (TPSA) is 29.1 Å². The molecule has 0 saturated carbocycles. The maximum Gasteiger partial charge on any atom is 0.223 e. The molecule has 0 fully saturated rings. The third-order valence-corrected chi connectivity index (χ3v) is 3.17. The largest absolute Gasteiger partial charge is 1.00 e. The summed E-state index contributed by atoms with van der Waals surface area (Å²) < 4.78 is 0.954. The van der Waals surface area contributed by atoms with Gasteiger partial charge in [0.1, 0.15) is 0 Å². The summed E-state index contributed by atoms with van der Waals surface area (Å²) in [6.45, 7) is 10.5. The van der Waals surface area contributed by atoms with Crippen molar-refractivity contribution < 1.29 is 21.7 Å². The first-order chi connectivity index (χ1) is 8.13. The maximum atomic E-state index is 12.1. The minimum Gasteiger partial charge on any atom is -1.00 e. The van der Waals surface area contributed by atoms with Gasteiger partial charge in [0.15, 0.2) is 0 Å². The molecule has 4 heteroatoms. The summed E-state index contributed by atoms with van der Waals surface area (Å²) in [5, 5.41) is 3.09. The van der Waals surface area contributed by atoms with E-state index in [0.29, 0.717) is 11.8 Å². The van der Waals surface area contributed by atoms with E-state index in [1.165, 1.54) is 0 Å². The lowest BCUT2D eigenvalue weighted by molar-refractivity contribution is -0.870. The van der Waals surface area contributed by atoms with Gasteiger partial charge in [0.25, 0.3) is 0 Å². The number of rotatable bonds is 8. The van der Waals surface area contributed by atoms with E-state index in [2.05, 4.69) is 54.2 Å². The average molecular weight is 293 g/mol. The van der Waals surface area contributed by atoms with Gasteiger partial charge in [-0.1, -0.05) is 27.7 Å². The SMILES string of the molecule is CC(C)CC(C(=O)NCCC[N+](C)(C)C)C(C)C.[Cl-]. The van der Waals surface area contributed by atoms with E-state index < -0.39 is 0 Å². The van der Waals surface area contributed by atoms with Crippen LogP contribution in [-0.2, 0) is 4.79 Å². The molecule has 0 saturated heterocycles. The number of hydrogen-bond acceptors (Lipinski definition) is 1. The van der Waals surface area contributed by atoms with Gasteiger partial charge in [-0.3, -0.25) is 4.79 Å². The van der Waals surface area contributed by atoms with Crippen LogP contribution in [0.5, 0.6) is 0 Å². The maximum absolute atomic E-state index is 12.1. The van der Waals surface area contributed by atoms with Gasteiger partial charge in [-0.2, -0.15) is 0 Å². The van der Waals surface area contributed by atoms with Gasteiger partial charge in [0.2, 0.25) is 5.91 Å². The molecule has 0 aliphatic rings. The van der Waals surface area contributed by atoms with E-state index in [4.69, 9.17) is 0 Å². The van der Waals surface area contributed by atoms with Crippen LogP contribution in [0.4, 0.5) is 0 Å². The molecule has 19 heavy (non-hydrogen) atoms. The average Bonchev–Trinajstić information content (AvgIpc) is 2.18. The number of hydrogen-bond donors (Lipinski definition) is 1. The van der Waals surface area contributed by atoms with Crippen LogP contribution in [0.15, 0.2) is 0 Å². The molecule has 1 atom stereocenters. The fourth-order valence-electron chi connectivity index (χ4n) is 2.09. The zero-order valence-corrected chi connectivity index (χ0v) is 14.5. The lowest BCUT2D eigenvalue weighted by Gasteiger charge is -2.25. The molecule has 1 N–H and O–H groups in total. The van der Waals surface area contributed by atoms with Crippen LogP contribution in [0.2, 0.25) is 0 Å². The van der Waals surface area contributed by atoms with Crippen LogP contribution in [0, 0.1) is 17.8 Å². The minimum atomic E-state index is 0. The zero-order chi connectivity index (χ0) is 14.3. The molecular weight excluding hydrogens is 260 g/mol. The third kappa shape index (κ3) is 11.3.